The number of hydrogen-bond donors (Lipinski definition) is 1. The summed E-state index contributed by atoms with van der Waals surface area (Å²) in [6.07, 6.45) is 5.29. The topological polar surface area (TPSA) is 91.1 Å². The summed E-state index contributed by atoms with van der Waals surface area (Å²) >= 11 is 1.50. The number of ether oxygens (including phenoxy) is 1. The highest BCUT2D eigenvalue weighted by Crippen LogP contribution is 2.27. The van der Waals surface area contributed by atoms with E-state index in [9.17, 15) is 4.79 Å². The molecule has 0 saturated carbocycles. The van der Waals surface area contributed by atoms with Crippen LogP contribution < -0.4 is 5.32 Å². The highest BCUT2D eigenvalue weighted by atomic mass is 32.2. The Balaban J connectivity index is 1.75. The van der Waals surface area contributed by atoms with Gasteiger partial charge in [-0.05, 0) is 52.0 Å². The van der Waals surface area contributed by atoms with Crippen molar-refractivity contribution >= 4 is 34.4 Å². The maximum atomic E-state index is 12.4. The number of anilines is 1. The van der Waals surface area contributed by atoms with Crippen LogP contribution in [0.4, 0.5) is 10.6 Å². The zero-order chi connectivity index (χ0) is 20.3. The van der Waals surface area contributed by atoms with Crippen LogP contribution in [0.1, 0.15) is 39.3 Å². The number of nitriles is 1. The minimum Gasteiger partial charge on any atom is -0.444 e. The Morgan fingerprint density at radius 3 is 2.89 bits per heavy atom. The summed E-state index contributed by atoms with van der Waals surface area (Å²) in [6.45, 7) is 6.90. The van der Waals surface area contributed by atoms with Gasteiger partial charge in [0, 0.05) is 36.1 Å². The van der Waals surface area contributed by atoms with Gasteiger partial charge in [0.2, 0.25) is 0 Å². The average molecular weight is 400 g/mol. The van der Waals surface area contributed by atoms with Gasteiger partial charge < -0.3 is 15.0 Å². The van der Waals surface area contributed by atoms with Crippen LogP contribution in [0.2, 0.25) is 0 Å². The van der Waals surface area contributed by atoms with Crippen molar-refractivity contribution in [2.75, 3.05) is 24.7 Å². The lowest BCUT2D eigenvalue weighted by atomic mass is 10.1. The minimum absolute atomic E-state index is 0.107. The number of nitrogens with one attached hydrogen (secondary N) is 1. The van der Waals surface area contributed by atoms with Crippen LogP contribution in [0.5, 0.6) is 0 Å². The lowest BCUT2D eigenvalue weighted by molar-refractivity contribution is 0.0206. The number of piperidine rings is 1. The van der Waals surface area contributed by atoms with Crippen molar-refractivity contribution in [3.8, 4) is 6.07 Å². The van der Waals surface area contributed by atoms with Gasteiger partial charge in [-0.25, -0.2) is 14.8 Å². The van der Waals surface area contributed by atoms with E-state index in [-0.39, 0.29) is 12.1 Å². The maximum Gasteiger partial charge on any atom is 0.410 e. The molecule has 1 atom stereocenters. The molecule has 0 bridgehead atoms. The molecule has 148 valence electrons. The second-order valence-electron chi connectivity index (χ2n) is 7.83. The summed E-state index contributed by atoms with van der Waals surface area (Å²) in [7, 11) is 0. The fourth-order valence-electron chi connectivity index (χ4n) is 3.20. The van der Waals surface area contributed by atoms with Gasteiger partial charge in [0.1, 0.15) is 28.2 Å². The van der Waals surface area contributed by atoms with Crippen molar-refractivity contribution in [3.63, 3.8) is 0 Å². The van der Waals surface area contributed by atoms with Gasteiger partial charge in [-0.1, -0.05) is 0 Å². The van der Waals surface area contributed by atoms with Crippen LogP contribution >= 0.6 is 11.8 Å². The van der Waals surface area contributed by atoms with Crippen LogP contribution in [-0.2, 0) is 4.74 Å². The average Bonchev–Trinajstić information content (AvgIpc) is 2.66. The van der Waals surface area contributed by atoms with Crippen molar-refractivity contribution in [3.05, 3.63) is 24.0 Å². The fourth-order valence-corrected chi connectivity index (χ4v) is 3.79. The lowest BCUT2D eigenvalue weighted by Crippen LogP contribution is -2.47. The molecular weight excluding hydrogens is 374 g/mol. The molecule has 1 fully saturated rings. The van der Waals surface area contributed by atoms with E-state index in [1.54, 1.807) is 17.2 Å². The van der Waals surface area contributed by atoms with Crippen molar-refractivity contribution in [1.82, 2.24) is 14.9 Å². The molecule has 7 nitrogen and oxygen atoms in total. The summed E-state index contributed by atoms with van der Waals surface area (Å²) in [5.41, 5.74) is -0.111. The van der Waals surface area contributed by atoms with Gasteiger partial charge >= 0.3 is 6.09 Å². The summed E-state index contributed by atoms with van der Waals surface area (Å²) < 4.78 is 5.49. The number of likely N-dealkylation sites (tertiary alicyclic amines) is 1. The van der Waals surface area contributed by atoms with Gasteiger partial charge in [0.15, 0.2) is 0 Å². The second-order valence-corrected chi connectivity index (χ2v) is 8.62. The first kappa shape index (κ1) is 20.2. The van der Waals surface area contributed by atoms with E-state index in [0.717, 1.165) is 34.5 Å². The minimum atomic E-state index is -0.499. The number of fused-ring (bicyclic) bond motifs is 1. The SMILES string of the molecule is CSc1nc(C#N)cc2cnc(N[C@H]3CCCN(C(=O)OC(C)(C)C)C3)cc12. The molecule has 1 saturated heterocycles. The third-order valence-corrected chi connectivity index (χ3v) is 5.11. The fraction of sp³-hybridized carbons (Fsp3) is 0.500. The van der Waals surface area contributed by atoms with Crippen LogP contribution in [0, 0.1) is 11.3 Å². The Bertz CT molecular complexity index is 919. The zero-order valence-electron chi connectivity index (χ0n) is 16.7. The van der Waals surface area contributed by atoms with E-state index in [1.165, 1.54) is 11.8 Å². The first-order chi connectivity index (χ1) is 13.3. The first-order valence-electron chi connectivity index (χ1n) is 9.28. The molecule has 0 aliphatic carbocycles. The van der Waals surface area contributed by atoms with E-state index in [0.29, 0.717) is 18.8 Å². The normalized spacial score (nSPS) is 17.2. The number of aromatic nitrogens is 2. The van der Waals surface area contributed by atoms with Crippen molar-refractivity contribution in [1.29, 1.82) is 5.26 Å². The van der Waals surface area contributed by atoms with Crippen molar-refractivity contribution in [2.45, 2.75) is 50.3 Å². The molecule has 2 aromatic heterocycles. The Morgan fingerprint density at radius 2 is 2.21 bits per heavy atom. The molecule has 8 heteroatoms. The third kappa shape index (κ3) is 4.84. The zero-order valence-corrected chi connectivity index (χ0v) is 17.5. The van der Waals surface area contributed by atoms with Gasteiger partial charge in [-0.3, -0.25) is 0 Å². The molecule has 1 N–H and O–H groups in total. The van der Waals surface area contributed by atoms with E-state index >= 15 is 0 Å². The highest BCUT2D eigenvalue weighted by molar-refractivity contribution is 7.98. The molecule has 3 rings (SSSR count). The number of carbonyl (C=O) groups is 1. The number of thioether (sulfide) groups is 1. The van der Waals surface area contributed by atoms with E-state index in [2.05, 4.69) is 21.4 Å². The highest BCUT2D eigenvalue weighted by Gasteiger charge is 2.27. The standard InChI is InChI=1S/C20H25N5O2S/c1-20(2,3)27-19(26)25-7-5-6-14(12-25)23-17-9-16-13(11-22-17)8-15(10-21)24-18(16)28-4/h8-9,11,14H,5-7,12H2,1-4H3,(H,22,23)/t14-/m0/s1. The molecule has 2 aromatic rings. The maximum absolute atomic E-state index is 12.4. The van der Waals surface area contributed by atoms with Crippen LogP contribution in [0.25, 0.3) is 10.8 Å². The monoisotopic (exact) mass is 399 g/mol. The van der Waals surface area contributed by atoms with E-state index in [4.69, 9.17) is 10.00 Å². The van der Waals surface area contributed by atoms with Gasteiger partial charge in [-0.2, -0.15) is 5.26 Å². The predicted octanol–water partition coefficient (Wildman–Crippen LogP) is 4.03. The summed E-state index contributed by atoms with van der Waals surface area (Å²) in [5.74, 6) is 0.741. The third-order valence-electron chi connectivity index (χ3n) is 4.41. The molecule has 3 heterocycles. The Labute approximate surface area is 169 Å². The van der Waals surface area contributed by atoms with Gasteiger partial charge in [0.25, 0.3) is 0 Å². The Morgan fingerprint density at radius 1 is 1.43 bits per heavy atom. The van der Waals surface area contributed by atoms with Gasteiger partial charge in [0.05, 0.1) is 0 Å². The number of amides is 1. The largest absolute Gasteiger partial charge is 0.444 e. The summed E-state index contributed by atoms with van der Waals surface area (Å²) in [5, 5.41) is 15.2. The molecular formula is C20H25N5O2S. The molecule has 0 unspecified atom stereocenters. The molecule has 0 radical (unpaired) electrons. The van der Waals surface area contributed by atoms with Crippen LogP contribution in [0.15, 0.2) is 23.4 Å². The number of hydrogen-bond acceptors (Lipinski definition) is 7. The second kappa shape index (κ2) is 8.23. The van der Waals surface area contributed by atoms with E-state index in [1.807, 2.05) is 33.1 Å². The quantitative estimate of drug-likeness (QED) is 0.779. The number of pyridine rings is 2. The molecule has 0 aromatic carbocycles. The summed E-state index contributed by atoms with van der Waals surface area (Å²) in [6, 6.07) is 5.90. The Kier molecular flexibility index (Phi) is 5.94. The molecule has 28 heavy (non-hydrogen) atoms. The summed E-state index contributed by atoms with van der Waals surface area (Å²) in [4.78, 5) is 23.0. The van der Waals surface area contributed by atoms with E-state index < -0.39 is 5.60 Å². The molecule has 1 aliphatic rings. The smallest absolute Gasteiger partial charge is 0.410 e. The van der Waals surface area contributed by atoms with Crippen LogP contribution in [-0.4, -0.2) is 51.9 Å². The molecule has 0 spiro atoms. The lowest BCUT2D eigenvalue weighted by Gasteiger charge is -2.34. The Hall–Kier alpha value is -2.53. The van der Waals surface area contributed by atoms with Crippen molar-refractivity contribution in [2.24, 2.45) is 0 Å². The number of nitrogens with zero attached hydrogens (tertiary/aromatic N) is 4. The molecule has 1 amide bonds. The van der Waals surface area contributed by atoms with Crippen molar-refractivity contribution < 1.29 is 9.53 Å². The first-order valence-corrected chi connectivity index (χ1v) is 10.5. The molecule has 1 aliphatic heterocycles. The predicted molar refractivity (Wildman–Crippen MR) is 110 cm³/mol. The van der Waals surface area contributed by atoms with Gasteiger partial charge in [-0.15, -0.1) is 11.8 Å². The number of carbonyl (C=O) groups excluding carboxylic acids is 1. The number of rotatable bonds is 3. The van der Waals surface area contributed by atoms with Crippen LogP contribution in [0.3, 0.4) is 0 Å².